The molecule has 0 atom stereocenters. The molecule has 1 aromatic carbocycles. The van der Waals surface area contributed by atoms with Crippen molar-refractivity contribution in [3.63, 3.8) is 0 Å². The minimum absolute atomic E-state index is 0.773. The lowest BCUT2D eigenvalue weighted by Gasteiger charge is -2.07. The van der Waals surface area contributed by atoms with Crippen LogP contribution < -0.4 is 4.74 Å². The van der Waals surface area contributed by atoms with Crippen molar-refractivity contribution >= 4 is 27.7 Å². The molecule has 0 bridgehead atoms. The molecule has 1 aromatic heterocycles. The van der Waals surface area contributed by atoms with E-state index in [0.29, 0.717) is 0 Å². The van der Waals surface area contributed by atoms with Crippen LogP contribution in [0.15, 0.2) is 46.3 Å². The van der Waals surface area contributed by atoms with Crippen molar-refractivity contribution < 1.29 is 4.74 Å². The van der Waals surface area contributed by atoms with Crippen LogP contribution in [0, 0.1) is 0 Å². The molecule has 0 saturated heterocycles. The van der Waals surface area contributed by atoms with Crippen LogP contribution in [-0.2, 0) is 5.75 Å². The summed E-state index contributed by atoms with van der Waals surface area (Å²) in [5, 5.41) is 0.773. The molecule has 1 heterocycles. The Hall–Kier alpha value is -1.07. The van der Waals surface area contributed by atoms with Crippen molar-refractivity contribution in [2.45, 2.75) is 10.9 Å². The number of aromatic nitrogens is 2. The number of nitrogens with zero attached hydrogens (tertiary/aromatic N) is 2. The number of hydrogen-bond acceptors (Lipinski definition) is 4. The molecular weight excluding hydrogens is 300 g/mol. The van der Waals surface area contributed by atoms with E-state index in [2.05, 4.69) is 32.0 Å². The maximum atomic E-state index is 5.31. The van der Waals surface area contributed by atoms with Crippen molar-refractivity contribution in [2.75, 3.05) is 7.11 Å². The Morgan fingerprint density at radius 1 is 1.29 bits per heavy atom. The highest BCUT2D eigenvalue weighted by molar-refractivity contribution is 9.10. The van der Waals surface area contributed by atoms with Crippen molar-refractivity contribution in [3.8, 4) is 5.75 Å². The van der Waals surface area contributed by atoms with Gasteiger partial charge < -0.3 is 4.74 Å². The fourth-order valence-corrected chi connectivity index (χ4v) is 2.55. The topological polar surface area (TPSA) is 35.0 Å². The van der Waals surface area contributed by atoms with E-state index in [1.807, 2.05) is 18.2 Å². The highest BCUT2D eigenvalue weighted by Crippen LogP contribution is 2.28. The van der Waals surface area contributed by atoms with Crippen LogP contribution in [0.5, 0.6) is 5.75 Å². The van der Waals surface area contributed by atoms with Gasteiger partial charge in [0.25, 0.3) is 0 Å². The Bertz CT molecular complexity index is 493. The molecule has 0 aliphatic carbocycles. The van der Waals surface area contributed by atoms with Crippen LogP contribution in [0.1, 0.15) is 5.56 Å². The van der Waals surface area contributed by atoms with Crippen molar-refractivity contribution in [1.29, 1.82) is 0 Å². The van der Waals surface area contributed by atoms with Gasteiger partial charge in [-0.3, -0.25) is 0 Å². The lowest BCUT2D eigenvalue weighted by molar-refractivity contribution is 0.411. The molecule has 2 aromatic rings. The molecule has 0 aliphatic heterocycles. The van der Waals surface area contributed by atoms with Crippen molar-refractivity contribution in [1.82, 2.24) is 9.97 Å². The van der Waals surface area contributed by atoms with E-state index in [4.69, 9.17) is 4.74 Å². The van der Waals surface area contributed by atoms with E-state index in [1.54, 1.807) is 31.3 Å². The van der Waals surface area contributed by atoms with Gasteiger partial charge in [-0.1, -0.05) is 27.7 Å². The van der Waals surface area contributed by atoms with Crippen LogP contribution in [0.2, 0.25) is 0 Å². The number of thioether (sulfide) groups is 1. The highest BCUT2D eigenvalue weighted by Gasteiger charge is 2.05. The van der Waals surface area contributed by atoms with E-state index < -0.39 is 0 Å². The van der Waals surface area contributed by atoms with Crippen LogP contribution in [0.4, 0.5) is 0 Å². The molecule has 3 nitrogen and oxygen atoms in total. The molecular formula is C12H11BrN2OS. The molecule has 0 aliphatic rings. The third kappa shape index (κ3) is 3.44. The standard InChI is InChI=1S/C12H11BrN2OS/c1-16-11-4-3-10(13)7-9(11)8-17-12-14-5-2-6-15-12/h2-7H,8H2,1H3. The van der Waals surface area contributed by atoms with E-state index >= 15 is 0 Å². The van der Waals surface area contributed by atoms with Gasteiger partial charge in [-0.05, 0) is 24.3 Å². The maximum absolute atomic E-state index is 5.31. The van der Waals surface area contributed by atoms with Crippen LogP contribution in [0.25, 0.3) is 0 Å². The molecule has 2 rings (SSSR count). The normalized spacial score (nSPS) is 10.2. The monoisotopic (exact) mass is 310 g/mol. The maximum Gasteiger partial charge on any atom is 0.187 e. The Morgan fingerprint density at radius 3 is 2.76 bits per heavy atom. The third-order valence-electron chi connectivity index (χ3n) is 2.14. The van der Waals surface area contributed by atoms with Gasteiger partial charge in [-0.2, -0.15) is 0 Å². The Kier molecular flexibility index (Phi) is 4.39. The lowest BCUT2D eigenvalue weighted by Crippen LogP contribution is -1.91. The van der Waals surface area contributed by atoms with Gasteiger partial charge in [0.1, 0.15) is 5.75 Å². The molecule has 0 fully saturated rings. The summed E-state index contributed by atoms with van der Waals surface area (Å²) in [4.78, 5) is 8.34. The molecule has 17 heavy (non-hydrogen) atoms. The fraction of sp³-hybridized carbons (Fsp3) is 0.167. The van der Waals surface area contributed by atoms with Crippen molar-refractivity contribution in [2.24, 2.45) is 0 Å². The summed E-state index contributed by atoms with van der Waals surface area (Å²) in [5.41, 5.74) is 1.12. The summed E-state index contributed by atoms with van der Waals surface area (Å²) in [7, 11) is 1.68. The Labute approximate surface area is 113 Å². The number of halogens is 1. The van der Waals surface area contributed by atoms with Crippen molar-refractivity contribution in [3.05, 3.63) is 46.7 Å². The number of rotatable bonds is 4. The van der Waals surface area contributed by atoms with Crippen LogP contribution in [0.3, 0.4) is 0 Å². The second-order valence-electron chi connectivity index (χ2n) is 3.28. The summed E-state index contributed by atoms with van der Waals surface area (Å²) in [6.07, 6.45) is 3.49. The van der Waals surface area contributed by atoms with E-state index in [1.165, 1.54) is 0 Å². The van der Waals surface area contributed by atoms with Gasteiger partial charge in [-0.15, -0.1) is 0 Å². The van der Waals surface area contributed by atoms with Crippen LogP contribution in [-0.4, -0.2) is 17.1 Å². The summed E-state index contributed by atoms with van der Waals surface area (Å²) in [6.45, 7) is 0. The summed E-state index contributed by atoms with van der Waals surface area (Å²) >= 11 is 5.04. The first kappa shape index (κ1) is 12.4. The molecule has 0 saturated carbocycles. The molecule has 88 valence electrons. The van der Waals surface area contributed by atoms with Gasteiger partial charge in [-0.25, -0.2) is 9.97 Å². The molecule has 0 amide bonds. The van der Waals surface area contributed by atoms with Gasteiger partial charge >= 0.3 is 0 Å². The Balaban J connectivity index is 2.11. The molecule has 0 spiro atoms. The van der Waals surface area contributed by atoms with Gasteiger partial charge in [0, 0.05) is 28.2 Å². The summed E-state index contributed by atoms with van der Waals surface area (Å²) < 4.78 is 6.36. The van der Waals surface area contributed by atoms with E-state index in [9.17, 15) is 0 Å². The predicted octanol–water partition coefficient (Wildman–Crippen LogP) is 3.54. The first-order chi connectivity index (χ1) is 8.29. The zero-order valence-corrected chi connectivity index (χ0v) is 11.7. The lowest BCUT2D eigenvalue weighted by atomic mass is 10.2. The average Bonchev–Trinajstić information content (AvgIpc) is 2.38. The van der Waals surface area contributed by atoms with E-state index in [0.717, 1.165) is 26.7 Å². The summed E-state index contributed by atoms with van der Waals surface area (Å²) in [6, 6.07) is 7.77. The second-order valence-corrected chi connectivity index (χ2v) is 5.13. The van der Waals surface area contributed by atoms with Crippen LogP contribution >= 0.6 is 27.7 Å². The Morgan fingerprint density at radius 2 is 2.06 bits per heavy atom. The quantitative estimate of drug-likeness (QED) is 0.639. The highest BCUT2D eigenvalue weighted by atomic mass is 79.9. The van der Waals surface area contributed by atoms with Gasteiger partial charge in [0.2, 0.25) is 0 Å². The van der Waals surface area contributed by atoms with Gasteiger partial charge in [0.15, 0.2) is 5.16 Å². The molecule has 0 radical (unpaired) electrons. The largest absolute Gasteiger partial charge is 0.496 e. The smallest absolute Gasteiger partial charge is 0.187 e. The molecule has 5 heteroatoms. The zero-order valence-electron chi connectivity index (χ0n) is 9.26. The number of benzene rings is 1. The predicted molar refractivity (Wildman–Crippen MR) is 72.3 cm³/mol. The zero-order chi connectivity index (χ0) is 12.1. The third-order valence-corrected chi connectivity index (χ3v) is 3.56. The fourth-order valence-electron chi connectivity index (χ4n) is 1.36. The minimum Gasteiger partial charge on any atom is -0.496 e. The van der Waals surface area contributed by atoms with E-state index in [-0.39, 0.29) is 0 Å². The average molecular weight is 311 g/mol. The molecule has 0 unspecified atom stereocenters. The molecule has 0 N–H and O–H groups in total. The number of methoxy groups -OCH3 is 1. The SMILES string of the molecule is COc1ccc(Br)cc1CSc1ncccn1. The first-order valence-corrected chi connectivity index (χ1v) is 6.79. The minimum atomic E-state index is 0.773. The first-order valence-electron chi connectivity index (χ1n) is 5.02. The number of ether oxygens (including phenoxy) is 1. The van der Waals surface area contributed by atoms with Gasteiger partial charge in [0.05, 0.1) is 7.11 Å². The number of hydrogen-bond donors (Lipinski definition) is 0. The summed E-state index contributed by atoms with van der Waals surface area (Å²) in [5.74, 6) is 1.67. The second kappa shape index (κ2) is 6.02.